The van der Waals surface area contributed by atoms with Gasteiger partial charge in [-0.05, 0) is 67.0 Å². The van der Waals surface area contributed by atoms with E-state index in [2.05, 4.69) is 20.5 Å². The molecule has 0 aliphatic carbocycles. The predicted molar refractivity (Wildman–Crippen MR) is 123 cm³/mol. The Hall–Kier alpha value is -3.79. The maximum atomic E-state index is 12.5. The van der Waals surface area contributed by atoms with Gasteiger partial charge < -0.3 is 10.1 Å². The van der Waals surface area contributed by atoms with Gasteiger partial charge in [0.2, 0.25) is 10.7 Å². The summed E-state index contributed by atoms with van der Waals surface area (Å²) < 4.78 is 8.06. The molecule has 2 N–H and O–H groups in total. The molecule has 0 bridgehead atoms. The zero-order chi connectivity index (χ0) is 22.8. The molecule has 164 valence electrons. The molecule has 0 aliphatic rings. The van der Waals surface area contributed by atoms with Gasteiger partial charge in [0.1, 0.15) is 18.0 Å². The van der Waals surface area contributed by atoms with Gasteiger partial charge in [0, 0.05) is 12.1 Å². The maximum absolute atomic E-state index is 12.5. The molecule has 0 fully saturated rings. The summed E-state index contributed by atoms with van der Waals surface area (Å²) in [5, 5.41) is 11.4. The lowest BCUT2D eigenvalue weighted by Gasteiger charge is -2.07. The van der Waals surface area contributed by atoms with Crippen molar-refractivity contribution in [3.63, 3.8) is 0 Å². The summed E-state index contributed by atoms with van der Waals surface area (Å²) in [4.78, 5) is 27.7. The van der Waals surface area contributed by atoms with Crippen molar-refractivity contribution in [3.8, 4) is 5.75 Å². The first-order valence-electron chi connectivity index (χ1n) is 9.93. The lowest BCUT2D eigenvalue weighted by molar-refractivity contribution is -0.116. The Labute approximate surface area is 188 Å². The van der Waals surface area contributed by atoms with Crippen molar-refractivity contribution < 1.29 is 9.53 Å². The van der Waals surface area contributed by atoms with Gasteiger partial charge in [-0.2, -0.15) is 9.61 Å². The molecule has 32 heavy (non-hydrogen) atoms. The Bertz CT molecular complexity index is 1420. The average Bonchev–Trinajstić information content (AvgIpc) is 3.05. The molecule has 0 radical (unpaired) electrons. The van der Waals surface area contributed by atoms with Gasteiger partial charge in [0.15, 0.2) is 0 Å². The average molecular weight is 451 g/mol. The van der Waals surface area contributed by atoms with E-state index >= 15 is 0 Å². The number of benzene rings is 2. The third kappa shape index (κ3) is 4.45. The van der Waals surface area contributed by atoms with Crippen molar-refractivity contribution >= 4 is 29.6 Å². The van der Waals surface area contributed by atoms with Crippen molar-refractivity contribution in [2.45, 2.75) is 26.8 Å². The van der Waals surface area contributed by atoms with E-state index in [9.17, 15) is 9.59 Å². The van der Waals surface area contributed by atoms with Crippen LogP contribution in [0.5, 0.6) is 5.75 Å². The van der Waals surface area contributed by atoms with Crippen LogP contribution in [0.25, 0.3) is 5.78 Å². The maximum Gasteiger partial charge on any atom is 0.274 e. The first-order valence-corrected chi connectivity index (χ1v) is 10.3. The molecule has 10 heteroatoms. The van der Waals surface area contributed by atoms with Crippen LogP contribution in [0.3, 0.4) is 0 Å². The number of H-pyrrole nitrogens is 1. The molecular formula is C22H22N6O3S. The lowest BCUT2D eigenvalue weighted by atomic mass is 10.1. The smallest absolute Gasteiger partial charge is 0.274 e. The fourth-order valence-electron chi connectivity index (χ4n) is 3.22. The van der Waals surface area contributed by atoms with Crippen molar-refractivity contribution in [3.05, 3.63) is 80.0 Å². The summed E-state index contributed by atoms with van der Waals surface area (Å²) in [6.45, 7) is 3.88. The van der Waals surface area contributed by atoms with Crippen LogP contribution in [-0.4, -0.2) is 37.4 Å². The van der Waals surface area contributed by atoms with Gasteiger partial charge in [-0.3, -0.25) is 14.6 Å². The Morgan fingerprint density at radius 1 is 1.12 bits per heavy atom. The molecule has 1 amide bonds. The number of carbonyl (C=O) groups excluding carboxylic acids is 1. The number of nitrogens with zero attached hydrogens (tertiary/aromatic N) is 4. The number of hydrogen-bond acceptors (Lipinski definition) is 6. The number of anilines is 1. The second-order valence-electron chi connectivity index (χ2n) is 7.45. The van der Waals surface area contributed by atoms with Crippen molar-refractivity contribution in [1.29, 1.82) is 0 Å². The number of hydrogen-bond donors (Lipinski definition) is 2. The van der Waals surface area contributed by atoms with E-state index in [1.165, 1.54) is 9.20 Å². The van der Waals surface area contributed by atoms with E-state index in [0.29, 0.717) is 12.1 Å². The van der Waals surface area contributed by atoms with Crippen LogP contribution in [0.15, 0.2) is 47.3 Å². The minimum atomic E-state index is -0.361. The number of rotatable bonds is 6. The molecule has 9 nitrogen and oxygen atoms in total. The van der Waals surface area contributed by atoms with E-state index in [1.54, 1.807) is 7.11 Å². The molecule has 4 rings (SSSR count). The van der Waals surface area contributed by atoms with Gasteiger partial charge in [-0.15, -0.1) is 5.10 Å². The first kappa shape index (κ1) is 21.4. The van der Waals surface area contributed by atoms with Gasteiger partial charge in [-0.25, -0.2) is 4.68 Å². The zero-order valence-electron chi connectivity index (χ0n) is 17.9. The number of aryl methyl sites for hydroxylation is 2. The number of ether oxygens (including phenoxy) is 1. The topological polar surface area (TPSA) is 106 Å². The molecule has 2 aromatic heterocycles. The molecule has 2 aromatic carbocycles. The highest BCUT2D eigenvalue weighted by molar-refractivity contribution is 7.71. The van der Waals surface area contributed by atoms with Crippen molar-refractivity contribution in [2.24, 2.45) is 0 Å². The number of amides is 1. The van der Waals surface area contributed by atoms with Crippen LogP contribution in [0.2, 0.25) is 0 Å². The van der Waals surface area contributed by atoms with Gasteiger partial charge in [0.05, 0.1) is 7.11 Å². The Morgan fingerprint density at radius 3 is 2.56 bits per heavy atom. The lowest BCUT2D eigenvalue weighted by Crippen LogP contribution is -2.19. The standard InChI is InChI=1S/C22H22N6O3S/c1-13-4-7-16(10-14(13)2)23-19(29)12-27-22(32)28-21(26-27)24-20(30)18(25-28)11-15-5-8-17(31-3)9-6-15/h4-10H,11-12H2,1-3H3,(H,23,29)(H,24,26,30). The number of fused-ring (bicyclic) bond motifs is 1. The van der Waals surface area contributed by atoms with Crippen LogP contribution in [0.1, 0.15) is 22.4 Å². The highest BCUT2D eigenvalue weighted by atomic mass is 32.1. The van der Waals surface area contributed by atoms with Gasteiger partial charge >= 0.3 is 0 Å². The van der Waals surface area contributed by atoms with Crippen LogP contribution in [0.4, 0.5) is 5.69 Å². The predicted octanol–water partition coefficient (Wildman–Crippen LogP) is 2.80. The molecule has 2 heterocycles. The molecule has 0 aliphatic heterocycles. The Morgan fingerprint density at radius 2 is 1.88 bits per heavy atom. The van der Waals surface area contributed by atoms with Crippen LogP contribution in [-0.2, 0) is 17.8 Å². The van der Waals surface area contributed by atoms with E-state index in [4.69, 9.17) is 17.0 Å². The summed E-state index contributed by atoms with van der Waals surface area (Å²) in [6, 6.07) is 13.1. The summed E-state index contributed by atoms with van der Waals surface area (Å²) >= 11 is 5.43. The SMILES string of the molecule is COc1ccc(Cc2nn3c(=S)n(CC(=O)Nc4ccc(C)c(C)c4)nc3[nH]c2=O)cc1. The van der Waals surface area contributed by atoms with Gasteiger partial charge in [-0.1, -0.05) is 18.2 Å². The fourth-order valence-corrected chi connectivity index (χ4v) is 3.45. The highest BCUT2D eigenvalue weighted by Gasteiger charge is 2.13. The Balaban J connectivity index is 1.56. The molecule has 0 spiro atoms. The Kier molecular flexibility index (Phi) is 5.87. The van der Waals surface area contributed by atoms with E-state index in [0.717, 1.165) is 22.4 Å². The van der Waals surface area contributed by atoms with Crippen molar-refractivity contribution in [1.82, 2.24) is 24.4 Å². The highest BCUT2D eigenvalue weighted by Crippen LogP contribution is 2.15. The fraction of sp³-hybridized carbons (Fsp3) is 0.227. The third-order valence-corrected chi connectivity index (χ3v) is 5.52. The largest absolute Gasteiger partial charge is 0.497 e. The number of aromatic amines is 1. The normalized spacial score (nSPS) is 11.0. The molecule has 0 unspecified atom stereocenters. The number of nitrogens with one attached hydrogen (secondary N) is 2. The number of aromatic nitrogens is 5. The molecular weight excluding hydrogens is 428 g/mol. The summed E-state index contributed by atoms with van der Waals surface area (Å²) in [5.41, 5.74) is 3.75. The summed E-state index contributed by atoms with van der Waals surface area (Å²) in [5.74, 6) is 0.625. The van der Waals surface area contributed by atoms with Gasteiger partial charge in [0.25, 0.3) is 11.3 Å². The first-order chi connectivity index (χ1) is 15.3. The molecule has 4 aromatic rings. The molecule has 0 saturated heterocycles. The van der Waals surface area contributed by atoms with E-state index in [1.807, 2.05) is 56.3 Å². The minimum Gasteiger partial charge on any atom is -0.497 e. The second-order valence-corrected chi connectivity index (χ2v) is 7.81. The number of carbonyl (C=O) groups is 1. The quantitative estimate of drug-likeness (QED) is 0.438. The summed E-state index contributed by atoms with van der Waals surface area (Å²) in [6.07, 6.45) is 0.315. The number of methoxy groups -OCH3 is 1. The van der Waals surface area contributed by atoms with Crippen molar-refractivity contribution in [2.75, 3.05) is 12.4 Å². The summed E-state index contributed by atoms with van der Waals surface area (Å²) in [7, 11) is 1.59. The van der Waals surface area contributed by atoms with E-state index in [-0.39, 0.29) is 34.3 Å². The minimum absolute atomic E-state index is 0.106. The zero-order valence-corrected chi connectivity index (χ0v) is 18.7. The van der Waals surface area contributed by atoms with Crippen LogP contribution >= 0.6 is 12.2 Å². The second kappa shape index (κ2) is 8.75. The molecule has 0 atom stereocenters. The van der Waals surface area contributed by atoms with Crippen LogP contribution in [0, 0.1) is 18.6 Å². The van der Waals surface area contributed by atoms with Crippen LogP contribution < -0.4 is 15.6 Å². The molecule has 0 saturated carbocycles. The third-order valence-electron chi connectivity index (χ3n) is 5.14. The van der Waals surface area contributed by atoms with E-state index < -0.39 is 0 Å². The monoisotopic (exact) mass is 450 g/mol.